The number of benzene rings is 1. The van der Waals surface area contributed by atoms with Crippen LogP contribution in [0.15, 0.2) is 22.7 Å². The van der Waals surface area contributed by atoms with Crippen molar-refractivity contribution in [1.29, 1.82) is 0 Å². The topological polar surface area (TPSA) is 58.6 Å². The second kappa shape index (κ2) is 6.26. The number of nitrogens with one attached hydrogen (secondary N) is 1. The van der Waals surface area contributed by atoms with Crippen LogP contribution < -0.4 is 5.32 Å². The zero-order valence-electron chi connectivity index (χ0n) is 10.2. The van der Waals surface area contributed by atoms with E-state index in [9.17, 15) is 14.3 Å². The van der Waals surface area contributed by atoms with Crippen LogP contribution >= 0.6 is 15.9 Å². The summed E-state index contributed by atoms with van der Waals surface area (Å²) in [5, 5.41) is 12.3. The van der Waals surface area contributed by atoms with Crippen molar-refractivity contribution < 1.29 is 19.0 Å². The summed E-state index contributed by atoms with van der Waals surface area (Å²) in [5.74, 6) is -1.20. The molecule has 0 aliphatic carbocycles. The van der Waals surface area contributed by atoms with Crippen molar-refractivity contribution in [3.05, 3.63) is 34.1 Å². The quantitative estimate of drug-likeness (QED) is 0.868. The van der Waals surface area contributed by atoms with Gasteiger partial charge < -0.3 is 15.2 Å². The van der Waals surface area contributed by atoms with Gasteiger partial charge in [0.2, 0.25) is 0 Å². The number of hydrogen-bond acceptors (Lipinski definition) is 3. The Kier molecular flexibility index (Phi) is 5.25. The molecule has 0 heterocycles. The van der Waals surface area contributed by atoms with Crippen molar-refractivity contribution in [2.45, 2.75) is 12.5 Å². The summed E-state index contributed by atoms with van der Waals surface area (Å²) in [6, 6.07) is 4.27. The molecule has 100 valence electrons. The average Bonchev–Trinajstić information content (AvgIpc) is 2.26. The summed E-state index contributed by atoms with van der Waals surface area (Å²) in [6.07, 6.45) is 0. The Bertz CT molecular complexity index is 417. The fourth-order valence-electron chi connectivity index (χ4n) is 1.44. The standard InChI is InChI=1S/C12H15BrFNO3/c1-12(17,7-18-2)6-15-11(16)10-8(13)4-3-5-9(10)14/h3-5,17H,6-7H2,1-2H3,(H,15,16)/t12-/m0/s1. The van der Waals surface area contributed by atoms with Crippen LogP contribution in [-0.4, -0.2) is 36.9 Å². The van der Waals surface area contributed by atoms with Gasteiger partial charge in [0.25, 0.3) is 5.91 Å². The van der Waals surface area contributed by atoms with Gasteiger partial charge in [-0.1, -0.05) is 6.07 Å². The maximum atomic E-state index is 13.5. The molecular formula is C12H15BrFNO3. The summed E-state index contributed by atoms with van der Waals surface area (Å²) >= 11 is 3.11. The summed E-state index contributed by atoms with van der Waals surface area (Å²) < 4.78 is 18.7. The molecule has 1 atom stereocenters. The van der Waals surface area contributed by atoms with Crippen LogP contribution in [0.3, 0.4) is 0 Å². The average molecular weight is 320 g/mol. The van der Waals surface area contributed by atoms with E-state index in [2.05, 4.69) is 21.2 Å². The van der Waals surface area contributed by atoms with E-state index in [1.54, 1.807) is 6.07 Å². The molecule has 0 aliphatic rings. The van der Waals surface area contributed by atoms with Crippen LogP contribution in [0.1, 0.15) is 17.3 Å². The summed E-state index contributed by atoms with van der Waals surface area (Å²) in [4.78, 5) is 11.8. The molecular weight excluding hydrogens is 305 g/mol. The van der Waals surface area contributed by atoms with Crippen LogP contribution in [0.2, 0.25) is 0 Å². The highest BCUT2D eigenvalue weighted by atomic mass is 79.9. The molecule has 1 amide bonds. The molecule has 1 aromatic rings. The maximum absolute atomic E-state index is 13.5. The third-order valence-electron chi connectivity index (χ3n) is 2.27. The van der Waals surface area contributed by atoms with Gasteiger partial charge in [-0.15, -0.1) is 0 Å². The molecule has 0 spiro atoms. The number of ether oxygens (including phenoxy) is 1. The lowest BCUT2D eigenvalue weighted by Gasteiger charge is -2.22. The summed E-state index contributed by atoms with van der Waals surface area (Å²) in [5.41, 5.74) is -1.27. The first kappa shape index (κ1) is 15.1. The minimum absolute atomic E-state index is 0.0273. The molecule has 1 aromatic carbocycles. The molecule has 0 bridgehead atoms. The minimum atomic E-state index is -1.19. The minimum Gasteiger partial charge on any atom is -0.386 e. The largest absolute Gasteiger partial charge is 0.386 e. The molecule has 0 aromatic heterocycles. The van der Waals surface area contributed by atoms with E-state index in [1.807, 2.05) is 0 Å². The van der Waals surface area contributed by atoms with Crippen LogP contribution in [0, 0.1) is 5.82 Å². The second-order valence-corrected chi connectivity index (χ2v) is 5.06. The summed E-state index contributed by atoms with van der Waals surface area (Å²) in [7, 11) is 1.45. The molecule has 0 saturated heterocycles. The van der Waals surface area contributed by atoms with Crippen molar-refractivity contribution in [1.82, 2.24) is 5.32 Å². The Labute approximate surface area is 113 Å². The Morgan fingerprint density at radius 1 is 1.61 bits per heavy atom. The van der Waals surface area contributed by atoms with Crippen molar-refractivity contribution in [3.8, 4) is 0 Å². The lowest BCUT2D eigenvalue weighted by Crippen LogP contribution is -2.44. The molecule has 4 nitrogen and oxygen atoms in total. The predicted octanol–water partition coefficient (Wildman–Crippen LogP) is 1.72. The van der Waals surface area contributed by atoms with Crippen molar-refractivity contribution >= 4 is 21.8 Å². The fourth-order valence-corrected chi connectivity index (χ4v) is 1.96. The number of aliphatic hydroxyl groups is 1. The van der Waals surface area contributed by atoms with E-state index in [4.69, 9.17) is 4.74 Å². The molecule has 2 N–H and O–H groups in total. The first-order valence-corrected chi connectivity index (χ1v) is 6.10. The Balaban J connectivity index is 2.72. The number of rotatable bonds is 5. The fraction of sp³-hybridized carbons (Fsp3) is 0.417. The number of hydrogen-bond donors (Lipinski definition) is 2. The number of carbonyl (C=O) groups excluding carboxylic acids is 1. The Morgan fingerprint density at radius 3 is 2.83 bits per heavy atom. The van der Waals surface area contributed by atoms with Crippen LogP contribution in [0.4, 0.5) is 4.39 Å². The van der Waals surface area contributed by atoms with Gasteiger partial charge in [-0.25, -0.2) is 4.39 Å². The molecule has 0 radical (unpaired) electrons. The summed E-state index contributed by atoms with van der Waals surface area (Å²) in [6.45, 7) is 1.57. The van der Waals surface area contributed by atoms with Crippen LogP contribution in [0.25, 0.3) is 0 Å². The Morgan fingerprint density at radius 2 is 2.28 bits per heavy atom. The number of carbonyl (C=O) groups is 1. The Hall–Kier alpha value is -0.980. The van der Waals surface area contributed by atoms with E-state index >= 15 is 0 Å². The van der Waals surface area contributed by atoms with E-state index < -0.39 is 17.3 Å². The zero-order chi connectivity index (χ0) is 13.8. The monoisotopic (exact) mass is 319 g/mol. The lowest BCUT2D eigenvalue weighted by molar-refractivity contribution is -0.0147. The third kappa shape index (κ3) is 4.04. The molecule has 0 saturated carbocycles. The van der Waals surface area contributed by atoms with Crippen LogP contribution in [0.5, 0.6) is 0 Å². The van der Waals surface area contributed by atoms with Gasteiger partial charge >= 0.3 is 0 Å². The van der Waals surface area contributed by atoms with Gasteiger partial charge in [0, 0.05) is 18.1 Å². The van der Waals surface area contributed by atoms with E-state index in [1.165, 1.54) is 26.2 Å². The molecule has 0 aliphatic heterocycles. The van der Waals surface area contributed by atoms with Crippen molar-refractivity contribution in [2.24, 2.45) is 0 Å². The highest BCUT2D eigenvalue weighted by Gasteiger charge is 2.23. The van der Waals surface area contributed by atoms with Gasteiger partial charge in [-0.2, -0.15) is 0 Å². The number of methoxy groups -OCH3 is 1. The predicted molar refractivity (Wildman–Crippen MR) is 68.9 cm³/mol. The lowest BCUT2D eigenvalue weighted by atomic mass is 10.1. The molecule has 0 fully saturated rings. The highest BCUT2D eigenvalue weighted by molar-refractivity contribution is 9.10. The third-order valence-corrected chi connectivity index (χ3v) is 2.94. The first-order valence-electron chi connectivity index (χ1n) is 5.31. The first-order chi connectivity index (χ1) is 8.37. The van der Waals surface area contributed by atoms with Gasteiger partial charge in [0.05, 0.1) is 12.2 Å². The number of amides is 1. The zero-order valence-corrected chi connectivity index (χ0v) is 11.8. The van der Waals surface area contributed by atoms with E-state index in [0.717, 1.165) is 0 Å². The van der Waals surface area contributed by atoms with E-state index in [-0.39, 0.29) is 18.7 Å². The van der Waals surface area contributed by atoms with Gasteiger partial charge in [-0.3, -0.25) is 4.79 Å². The van der Waals surface area contributed by atoms with Crippen molar-refractivity contribution in [2.75, 3.05) is 20.3 Å². The highest BCUT2D eigenvalue weighted by Crippen LogP contribution is 2.19. The van der Waals surface area contributed by atoms with Crippen LogP contribution in [-0.2, 0) is 4.74 Å². The van der Waals surface area contributed by atoms with Gasteiger partial charge in [0.15, 0.2) is 0 Å². The second-order valence-electron chi connectivity index (χ2n) is 4.21. The molecule has 1 rings (SSSR count). The van der Waals surface area contributed by atoms with Crippen molar-refractivity contribution in [3.63, 3.8) is 0 Å². The van der Waals surface area contributed by atoms with Gasteiger partial charge in [-0.05, 0) is 35.0 Å². The normalized spacial score (nSPS) is 14.1. The number of halogens is 2. The molecule has 6 heteroatoms. The maximum Gasteiger partial charge on any atom is 0.255 e. The van der Waals surface area contributed by atoms with Gasteiger partial charge in [0.1, 0.15) is 11.4 Å². The smallest absolute Gasteiger partial charge is 0.255 e. The SMILES string of the molecule is COC[C@@](C)(O)CNC(=O)c1c(F)cccc1Br. The van der Waals surface area contributed by atoms with E-state index in [0.29, 0.717) is 4.47 Å². The molecule has 0 unspecified atom stereocenters. The molecule has 18 heavy (non-hydrogen) atoms.